The van der Waals surface area contributed by atoms with Crippen molar-refractivity contribution in [1.29, 1.82) is 0 Å². The minimum atomic E-state index is -0.0725. The first-order chi connectivity index (χ1) is 6.66. The normalized spacial score (nSPS) is 11.1. The Morgan fingerprint density at radius 3 is 3.00 bits per heavy atom. The van der Waals surface area contributed by atoms with Crippen molar-refractivity contribution in [2.24, 2.45) is 0 Å². The molecule has 14 heavy (non-hydrogen) atoms. The summed E-state index contributed by atoms with van der Waals surface area (Å²) in [4.78, 5) is 15.7. The zero-order valence-corrected chi connectivity index (χ0v) is 10.0. The van der Waals surface area contributed by atoms with Gasteiger partial charge < -0.3 is 0 Å². The monoisotopic (exact) mass is 276 g/mol. The van der Waals surface area contributed by atoms with Gasteiger partial charge in [-0.25, -0.2) is 4.98 Å². The van der Waals surface area contributed by atoms with Gasteiger partial charge in [-0.2, -0.15) is 0 Å². The predicted molar refractivity (Wildman–Crippen MR) is 60.8 cm³/mol. The van der Waals surface area contributed by atoms with Crippen molar-refractivity contribution in [2.45, 2.75) is 13.5 Å². The fraction of sp³-hybridized carbons (Fsp3) is 0.333. The summed E-state index contributed by atoms with van der Waals surface area (Å²) in [5, 5.41) is 0. The van der Waals surface area contributed by atoms with Gasteiger partial charge in [0.2, 0.25) is 0 Å². The van der Waals surface area contributed by atoms with Gasteiger partial charge in [0.05, 0.1) is 0 Å². The van der Waals surface area contributed by atoms with Gasteiger partial charge in [0, 0.05) is 18.6 Å². The van der Waals surface area contributed by atoms with Crippen LogP contribution in [0.5, 0.6) is 0 Å². The van der Waals surface area contributed by atoms with Crippen molar-refractivity contribution in [3.05, 3.63) is 39.0 Å². The second kappa shape index (κ2) is 5.32. The van der Waals surface area contributed by atoms with E-state index in [1.807, 2.05) is 6.08 Å². The first kappa shape index (κ1) is 11.5. The Balaban J connectivity index is 3.01. The lowest BCUT2D eigenvalue weighted by Crippen LogP contribution is -2.23. The molecule has 1 aromatic heterocycles. The Bertz CT molecular complexity index is 400. The van der Waals surface area contributed by atoms with Crippen LogP contribution in [-0.2, 0) is 6.54 Å². The molecule has 1 rings (SSSR count). The molecule has 0 unspecified atom stereocenters. The first-order valence-corrected chi connectivity index (χ1v) is 5.42. The molecule has 0 bridgehead atoms. The van der Waals surface area contributed by atoms with Crippen LogP contribution in [0.15, 0.2) is 27.6 Å². The van der Waals surface area contributed by atoms with Gasteiger partial charge in [0.25, 0.3) is 5.56 Å². The number of rotatable bonds is 3. The Morgan fingerprint density at radius 1 is 1.64 bits per heavy atom. The molecule has 0 saturated heterocycles. The summed E-state index contributed by atoms with van der Waals surface area (Å²) in [6, 6.07) is 0. The molecule has 0 radical (unpaired) electrons. The van der Waals surface area contributed by atoms with Crippen molar-refractivity contribution >= 4 is 27.5 Å². The molecule has 76 valence electrons. The van der Waals surface area contributed by atoms with Gasteiger partial charge in [0.15, 0.2) is 0 Å². The molecule has 5 heteroatoms. The standard InChI is InChI=1S/C9H10BrClN2O/c1-7-12-6-8(10)9(14)13(7)5-3-2-4-11/h2-3,6H,4-5H2,1H3. The Hall–Kier alpha value is -0.610. The van der Waals surface area contributed by atoms with Gasteiger partial charge >= 0.3 is 0 Å². The third kappa shape index (κ3) is 2.69. The molecule has 0 amide bonds. The van der Waals surface area contributed by atoms with E-state index in [1.54, 1.807) is 17.6 Å². The van der Waals surface area contributed by atoms with Crippen molar-refractivity contribution in [3.8, 4) is 0 Å². The van der Waals surface area contributed by atoms with E-state index < -0.39 is 0 Å². The Labute approximate surface area is 95.5 Å². The zero-order valence-electron chi connectivity index (χ0n) is 7.70. The van der Waals surface area contributed by atoms with Crippen molar-refractivity contribution in [1.82, 2.24) is 9.55 Å². The second-order valence-electron chi connectivity index (χ2n) is 2.69. The minimum Gasteiger partial charge on any atom is -0.292 e. The molecule has 0 aliphatic carbocycles. The summed E-state index contributed by atoms with van der Waals surface area (Å²) in [6.07, 6.45) is 5.16. The number of halogens is 2. The maximum atomic E-state index is 11.6. The highest BCUT2D eigenvalue weighted by Crippen LogP contribution is 2.01. The highest BCUT2D eigenvalue weighted by molar-refractivity contribution is 9.10. The topological polar surface area (TPSA) is 34.9 Å². The summed E-state index contributed by atoms with van der Waals surface area (Å²) in [7, 11) is 0. The van der Waals surface area contributed by atoms with E-state index in [1.165, 1.54) is 6.20 Å². The van der Waals surface area contributed by atoms with Crippen LogP contribution in [0.2, 0.25) is 0 Å². The molecule has 0 fully saturated rings. The lowest BCUT2D eigenvalue weighted by atomic mass is 10.4. The maximum Gasteiger partial charge on any atom is 0.268 e. The highest BCUT2D eigenvalue weighted by atomic mass is 79.9. The molecule has 0 aromatic carbocycles. The molecule has 0 aliphatic heterocycles. The van der Waals surface area contributed by atoms with E-state index in [4.69, 9.17) is 11.6 Å². The zero-order chi connectivity index (χ0) is 10.6. The third-order valence-corrected chi connectivity index (χ3v) is 2.47. The first-order valence-electron chi connectivity index (χ1n) is 4.09. The third-order valence-electron chi connectivity index (χ3n) is 1.75. The summed E-state index contributed by atoms with van der Waals surface area (Å²) >= 11 is 8.62. The van der Waals surface area contributed by atoms with E-state index in [2.05, 4.69) is 20.9 Å². The number of alkyl halides is 1. The van der Waals surface area contributed by atoms with Crippen molar-refractivity contribution in [2.75, 3.05) is 5.88 Å². The van der Waals surface area contributed by atoms with Crippen LogP contribution >= 0.6 is 27.5 Å². The highest BCUT2D eigenvalue weighted by Gasteiger charge is 2.02. The summed E-state index contributed by atoms with van der Waals surface area (Å²) < 4.78 is 2.05. The molecule has 0 aliphatic rings. The van der Waals surface area contributed by atoms with Gasteiger partial charge in [-0.15, -0.1) is 11.6 Å². The molecule has 1 heterocycles. The summed E-state index contributed by atoms with van der Waals surface area (Å²) in [5.74, 6) is 1.15. The number of allylic oxidation sites excluding steroid dienone is 2. The van der Waals surface area contributed by atoms with Crippen LogP contribution in [0.1, 0.15) is 5.82 Å². The fourth-order valence-corrected chi connectivity index (χ4v) is 1.45. The number of hydrogen-bond donors (Lipinski definition) is 0. The number of nitrogens with zero attached hydrogens (tertiary/aromatic N) is 2. The summed E-state index contributed by atoms with van der Waals surface area (Å²) in [5.41, 5.74) is -0.0725. The smallest absolute Gasteiger partial charge is 0.268 e. The van der Waals surface area contributed by atoms with Gasteiger partial charge in [0.1, 0.15) is 10.3 Å². The average Bonchev–Trinajstić information content (AvgIpc) is 2.18. The van der Waals surface area contributed by atoms with E-state index in [0.29, 0.717) is 22.7 Å². The van der Waals surface area contributed by atoms with E-state index in [9.17, 15) is 4.79 Å². The van der Waals surface area contributed by atoms with Crippen LogP contribution in [0.4, 0.5) is 0 Å². The van der Waals surface area contributed by atoms with Crippen LogP contribution < -0.4 is 5.56 Å². The van der Waals surface area contributed by atoms with Gasteiger partial charge in [-0.1, -0.05) is 12.2 Å². The number of aromatic nitrogens is 2. The number of hydrogen-bond acceptors (Lipinski definition) is 2. The molecule has 3 nitrogen and oxygen atoms in total. The molecule has 1 aromatic rings. The Kier molecular flexibility index (Phi) is 4.35. The molecule has 0 atom stereocenters. The fourth-order valence-electron chi connectivity index (χ4n) is 1.01. The molecule has 0 N–H and O–H groups in total. The van der Waals surface area contributed by atoms with Crippen LogP contribution in [0, 0.1) is 6.92 Å². The lowest BCUT2D eigenvalue weighted by Gasteiger charge is -2.05. The largest absolute Gasteiger partial charge is 0.292 e. The lowest BCUT2D eigenvalue weighted by molar-refractivity contribution is 0.709. The maximum absolute atomic E-state index is 11.6. The molecule has 0 saturated carbocycles. The quantitative estimate of drug-likeness (QED) is 0.626. The minimum absolute atomic E-state index is 0.0725. The van der Waals surface area contributed by atoms with Crippen LogP contribution in [-0.4, -0.2) is 15.4 Å². The van der Waals surface area contributed by atoms with Crippen LogP contribution in [0.25, 0.3) is 0 Å². The van der Waals surface area contributed by atoms with Crippen LogP contribution in [0.3, 0.4) is 0 Å². The van der Waals surface area contributed by atoms with Crippen molar-refractivity contribution < 1.29 is 0 Å². The molecule has 0 spiro atoms. The average molecular weight is 278 g/mol. The van der Waals surface area contributed by atoms with Gasteiger partial charge in [-0.05, 0) is 22.9 Å². The Morgan fingerprint density at radius 2 is 2.36 bits per heavy atom. The molecular weight excluding hydrogens is 267 g/mol. The predicted octanol–water partition coefficient (Wildman–Crippen LogP) is 2.11. The van der Waals surface area contributed by atoms with Gasteiger partial charge in [-0.3, -0.25) is 9.36 Å². The molecular formula is C9H10BrClN2O. The van der Waals surface area contributed by atoms with E-state index in [-0.39, 0.29) is 5.56 Å². The number of aryl methyl sites for hydroxylation is 1. The summed E-state index contributed by atoms with van der Waals surface area (Å²) in [6.45, 7) is 2.30. The SMILES string of the molecule is Cc1ncc(Br)c(=O)n1CC=CCCl. The van der Waals surface area contributed by atoms with E-state index in [0.717, 1.165) is 0 Å². The van der Waals surface area contributed by atoms with E-state index >= 15 is 0 Å². The van der Waals surface area contributed by atoms with Crippen molar-refractivity contribution in [3.63, 3.8) is 0 Å². The second-order valence-corrected chi connectivity index (χ2v) is 3.86.